The van der Waals surface area contributed by atoms with E-state index in [1.807, 2.05) is 6.07 Å². The molecule has 0 bridgehead atoms. The maximum atomic E-state index is 12.2. The number of nitrogens with one attached hydrogen (secondary N) is 3. The van der Waals surface area contributed by atoms with Crippen LogP contribution in [0.2, 0.25) is 0 Å². The van der Waals surface area contributed by atoms with Crippen molar-refractivity contribution in [3.8, 4) is 6.07 Å². The lowest BCUT2D eigenvalue weighted by atomic mass is 9.81. The summed E-state index contributed by atoms with van der Waals surface area (Å²) in [5.74, 6) is 0.0123. The van der Waals surface area contributed by atoms with E-state index >= 15 is 0 Å². The van der Waals surface area contributed by atoms with Gasteiger partial charge < -0.3 is 15.6 Å². The van der Waals surface area contributed by atoms with Gasteiger partial charge in [-0.1, -0.05) is 6.92 Å². The minimum absolute atomic E-state index is 0. The summed E-state index contributed by atoms with van der Waals surface area (Å²) in [6, 6.07) is 1.94. The van der Waals surface area contributed by atoms with Crippen molar-refractivity contribution in [1.29, 1.82) is 5.26 Å². The van der Waals surface area contributed by atoms with Gasteiger partial charge in [-0.2, -0.15) is 5.26 Å². The maximum Gasteiger partial charge on any atom is 0.266 e. The summed E-state index contributed by atoms with van der Waals surface area (Å²) in [4.78, 5) is 26.6. The van der Waals surface area contributed by atoms with Crippen LogP contribution in [0.5, 0.6) is 0 Å². The zero-order chi connectivity index (χ0) is 17.7. The van der Waals surface area contributed by atoms with Crippen molar-refractivity contribution in [3.05, 3.63) is 32.7 Å². The van der Waals surface area contributed by atoms with Gasteiger partial charge in [0.15, 0.2) is 0 Å². The summed E-state index contributed by atoms with van der Waals surface area (Å²) in [5.41, 5.74) is 2.23. The Bertz CT molecular complexity index is 715. The molecule has 0 radical (unpaired) electrons. The van der Waals surface area contributed by atoms with Crippen LogP contribution in [0, 0.1) is 30.6 Å². The molecule has 138 valence electrons. The molecule has 1 saturated heterocycles. The molecule has 25 heavy (non-hydrogen) atoms. The Morgan fingerprint density at radius 3 is 2.56 bits per heavy atom. The second kappa shape index (κ2) is 9.02. The number of nitriles is 1. The Morgan fingerprint density at radius 1 is 1.32 bits per heavy atom. The monoisotopic (exact) mass is 366 g/mol. The first-order valence-electron chi connectivity index (χ1n) is 8.46. The van der Waals surface area contributed by atoms with E-state index in [0.717, 1.165) is 37.2 Å². The average Bonchev–Trinajstić information content (AvgIpc) is 2.53. The Hall–Kier alpha value is -1.84. The van der Waals surface area contributed by atoms with E-state index in [4.69, 9.17) is 5.26 Å². The second-order valence-electron chi connectivity index (χ2n) is 7.01. The summed E-state index contributed by atoms with van der Waals surface area (Å²) in [5, 5.41) is 15.5. The third-order valence-electron chi connectivity index (χ3n) is 5.05. The molecule has 1 amide bonds. The third-order valence-corrected chi connectivity index (χ3v) is 5.05. The van der Waals surface area contributed by atoms with Crippen LogP contribution in [0.4, 0.5) is 0 Å². The average molecular weight is 367 g/mol. The molecule has 2 rings (SSSR count). The first-order chi connectivity index (χ1) is 11.4. The number of nitrogens with zero attached hydrogens (tertiary/aromatic N) is 1. The number of H-pyrrole nitrogens is 1. The van der Waals surface area contributed by atoms with E-state index in [9.17, 15) is 9.59 Å². The summed E-state index contributed by atoms with van der Waals surface area (Å²) in [6.07, 6.45) is 3.01. The van der Waals surface area contributed by atoms with E-state index in [0.29, 0.717) is 24.9 Å². The number of hydrogen-bond acceptors (Lipinski definition) is 4. The molecule has 1 aromatic rings. The molecule has 0 spiro atoms. The molecule has 1 aliphatic rings. The topological polar surface area (TPSA) is 97.8 Å². The van der Waals surface area contributed by atoms with Gasteiger partial charge in [0.1, 0.15) is 11.6 Å². The fourth-order valence-corrected chi connectivity index (χ4v) is 3.27. The number of amides is 1. The Kier molecular flexibility index (Phi) is 7.65. The number of piperidine rings is 1. The predicted octanol–water partition coefficient (Wildman–Crippen LogP) is 1.72. The van der Waals surface area contributed by atoms with Gasteiger partial charge in [0.25, 0.3) is 5.56 Å². The number of carbonyl (C=O) groups excluding carboxylic acids is 1. The van der Waals surface area contributed by atoms with Crippen LogP contribution in [0.1, 0.15) is 48.6 Å². The van der Waals surface area contributed by atoms with Gasteiger partial charge in [0.05, 0.1) is 0 Å². The first kappa shape index (κ1) is 21.2. The molecule has 1 aliphatic heterocycles. The number of aryl methyl sites for hydroxylation is 1. The molecule has 0 aliphatic carbocycles. The number of rotatable bonds is 5. The van der Waals surface area contributed by atoms with Crippen molar-refractivity contribution >= 4 is 18.3 Å². The van der Waals surface area contributed by atoms with Crippen molar-refractivity contribution in [2.75, 3.05) is 19.6 Å². The van der Waals surface area contributed by atoms with Crippen molar-refractivity contribution < 1.29 is 4.79 Å². The number of pyridine rings is 1. The Balaban J connectivity index is 0.00000312. The number of carbonyl (C=O) groups is 1. The van der Waals surface area contributed by atoms with Crippen LogP contribution in [0.15, 0.2) is 4.79 Å². The smallest absolute Gasteiger partial charge is 0.266 e. The molecule has 3 N–H and O–H groups in total. The van der Waals surface area contributed by atoms with Gasteiger partial charge in [-0.05, 0) is 62.7 Å². The van der Waals surface area contributed by atoms with Gasteiger partial charge in [-0.15, -0.1) is 12.4 Å². The maximum absolute atomic E-state index is 12.2. The predicted molar refractivity (Wildman–Crippen MR) is 100 cm³/mol. The summed E-state index contributed by atoms with van der Waals surface area (Å²) in [7, 11) is 0. The highest BCUT2D eigenvalue weighted by Gasteiger charge is 2.27. The van der Waals surface area contributed by atoms with Gasteiger partial charge in [0, 0.05) is 18.7 Å². The molecule has 0 saturated carbocycles. The largest absolute Gasteiger partial charge is 0.356 e. The third kappa shape index (κ3) is 5.32. The summed E-state index contributed by atoms with van der Waals surface area (Å²) in [6.45, 7) is 8.48. The van der Waals surface area contributed by atoms with Gasteiger partial charge in [0.2, 0.25) is 5.91 Å². The van der Waals surface area contributed by atoms with Crippen LogP contribution < -0.4 is 16.2 Å². The second-order valence-corrected chi connectivity index (χ2v) is 7.01. The van der Waals surface area contributed by atoms with Crippen molar-refractivity contribution in [3.63, 3.8) is 0 Å². The molecule has 6 nitrogen and oxygen atoms in total. The quantitative estimate of drug-likeness (QED) is 0.739. The standard InChI is InChI=1S/C18H26N4O2.ClH/c1-12-14(13(2)22-17(24)15(12)10-19)4-5-16(23)21-11-18(3)6-8-20-9-7-18;/h20H,4-9,11H2,1-3H3,(H,21,23)(H,22,24);1H. The fraction of sp³-hybridized carbons (Fsp3) is 0.611. The molecule has 7 heteroatoms. The van der Waals surface area contributed by atoms with Crippen molar-refractivity contribution in [2.45, 2.75) is 46.5 Å². The molecular formula is C18H27ClN4O2. The Morgan fingerprint density at radius 2 is 1.96 bits per heavy atom. The zero-order valence-electron chi connectivity index (χ0n) is 15.1. The minimum atomic E-state index is -0.362. The summed E-state index contributed by atoms with van der Waals surface area (Å²) >= 11 is 0. The number of aromatic nitrogens is 1. The number of halogens is 1. The lowest BCUT2D eigenvalue weighted by Gasteiger charge is -2.34. The van der Waals surface area contributed by atoms with Crippen LogP contribution >= 0.6 is 12.4 Å². The van der Waals surface area contributed by atoms with E-state index in [-0.39, 0.29) is 34.9 Å². The summed E-state index contributed by atoms with van der Waals surface area (Å²) < 4.78 is 0. The molecule has 0 aromatic carbocycles. The normalized spacial score (nSPS) is 15.8. The fourth-order valence-electron chi connectivity index (χ4n) is 3.27. The number of aromatic amines is 1. The lowest BCUT2D eigenvalue weighted by Crippen LogP contribution is -2.42. The van der Waals surface area contributed by atoms with Crippen LogP contribution in [0.3, 0.4) is 0 Å². The van der Waals surface area contributed by atoms with Crippen LogP contribution in [-0.4, -0.2) is 30.5 Å². The van der Waals surface area contributed by atoms with Gasteiger partial charge in [-0.25, -0.2) is 0 Å². The van der Waals surface area contributed by atoms with Crippen molar-refractivity contribution in [1.82, 2.24) is 15.6 Å². The minimum Gasteiger partial charge on any atom is -0.356 e. The van der Waals surface area contributed by atoms with Gasteiger partial charge >= 0.3 is 0 Å². The van der Waals surface area contributed by atoms with E-state index in [2.05, 4.69) is 22.5 Å². The molecular weight excluding hydrogens is 340 g/mol. The van der Waals surface area contributed by atoms with E-state index < -0.39 is 0 Å². The zero-order valence-corrected chi connectivity index (χ0v) is 15.9. The molecule has 1 aromatic heterocycles. The first-order valence-corrected chi connectivity index (χ1v) is 8.46. The number of hydrogen-bond donors (Lipinski definition) is 3. The molecule has 2 heterocycles. The Labute approximate surface area is 154 Å². The highest BCUT2D eigenvalue weighted by Crippen LogP contribution is 2.26. The van der Waals surface area contributed by atoms with Gasteiger partial charge in [-0.3, -0.25) is 9.59 Å². The SMILES string of the molecule is Cc1[nH]c(=O)c(C#N)c(C)c1CCC(=O)NCC1(C)CCNCC1.Cl. The van der Waals surface area contributed by atoms with Crippen LogP contribution in [0.25, 0.3) is 0 Å². The van der Waals surface area contributed by atoms with E-state index in [1.165, 1.54) is 0 Å². The molecule has 1 fully saturated rings. The van der Waals surface area contributed by atoms with Crippen molar-refractivity contribution in [2.24, 2.45) is 5.41 Å². The van der Waals surface area contributed by atoms with E-state index in [1.54, 1.807) is 13.8 Å². The highest BCUT2D eigenvalue weighted by molar-refractivity contribution is 5.85. The highest BCUT2D eigenvalue weighted by atomic mass is 35.5. The lowest BCUT2D eigenvalue weighted by molar-refractivity contribution is -0.121. The van der Waals surface area contributed by atoms with Crippen LogP contribution in [-0.2, 0) is 11.2 Å². The molecule has 0 atom stereocenters. The molecule has 0 unspecified atom stereocenters.